The smallest absolute Gasteiger partial charge is 0.166 e. The monoisotopic (exact) mass is 312 g/mol. The molecule has 1 atom stereocenters. The molecule has 0 radical (unpaired) electrons. The summed E-state index contributed by atoms with van der Waals surface area (Å²) in [6.45, 7) is 4.01. The lowest BCUT2D eigenvalue weighted by Crippen LogP contribution is -2.05. The van der Waals surface area contributed by atoms with Crippen LogP contribution in [0.3, 0.4) is 0 Å². The van der Waals surface area contributed by atoms with E-state index < -0.39 is 11.7 Å². The highest BCUT2D eigenvalue weighted by molar-refractivity contribution is 6.20. The van der Waals surface area contributed by atoms with Gasteiger partial charge in [-0.05, 0) is 49.1 Å². The zero-order valence-corrected chi connectivity index (χ0v) is 12.6. The van der Waals surface area contributed by atoms with Crippen LogP contribution in [0.4, 0.5) is 13.2 Å². The Kier molecular flexibility index (Phi) is 4.62. The number of benzene rings is 2. The first-order valence-corrected chi connectivity index (χ1v) is 7.08. The van der Waals surface area contributed by atoms with Crippen LogP contribution < -0.4 is 0 Å². The molecule has 0 N–H and O–H groups in total. The van der Waals surface area contributed by atoms with Crippen molar-refractivity contribution in [3.05, 3.63) is 70.3 Å². The third-order valence-electron chi connectivity index (χ3n) is 3.50. The molecule has 0 bridgehead atoms. The fourth-order valence-electron chi connectivity index (χ4n) is 2.21. The van der Waals surface area contributed by atoms with E-state index in [4.69, 9.17) is 11.6 Å². The van der Waals surface area contributed by atoms with Crippen molar-refractivity contribution in [3.8, 4) is 0 Å². The highest BCUT2D eigenvalue weighted by Crippen LogP contribution is 2.32. The summed E-state index contributed by atoms with van der Waals surface area (Å²) >= 11 is 6.35. The standard InChI is InChI=1S/C17H16ClF3/c1-11-3-4-12(2)14(9-11)10-16(18)13-5-7-15(8-6-13)17(19,20)21/h3-9,16H,10H2,1-2H3. The molecule has 0 aliphatic carbocycles. The van der Waals surface area contributed by atoms with Crippen LogP contribution in [0.15, 0.2) is 42.5 Å². The SMILES string of the molecule is Cc1ccc(C)c(CC(Cl)c2ccc(C(F)(F)F)cc2)c1. The quantitative estimate of drug-likeness (QED) is 0.624. The minimum Gasteiger partial charge on any atom is -0.166 e. The van der Waals surface area contributed by atoms with Crippen molar-refractivity contribution < 1.29 is 13.2 Å². The molecule has 0 aromatic heterocycles. The summed E-state index contributed by atoms with van der Waals surface area (Å²) in [5.74, 6) is 0. The molecule has 0 fully saturated rings. The van der Waals surface area contributed by atoms with Crippen LogP contribution in [0.5, 0.6) is 0 Å². The van der Waals surface area contributed by atoms with E-state index in [1.807, 2.05) is 26.0 Å². The first kappa shape index (κ1) is 15.9. The molecule has 2 aromatic carbocycles. The predicted molar refractivity (Wildman–Crippen MR) is 79.7 cm³/mol. The summed E-state index contributed by atoms with van der Waals surface area (Å²) < 4.78 is 37.6. The molecule has 0 spiro atoms. The van der Waals surface area contributed by atoms with Crippen molar-refractivity contribution in [2.45, 2.75) is 31.8 Å². The van der Waals surface area contributed by atoms with Gasteiger partial charge in [0.25, 0.3) is 0 Å². The van der Waals surface area contributed by atoms with Gasteiger partial charge in [0.15, 0.2) is 0 Å². The average molecular weight is 313 g/mol. The lowest BCUT2D eigenvalue weighted by Gasteiger charge is -2.14. The molecule has 2 rings (SSSR count). The van der Waals surface area contributed by atoms with Crippen LogP contribution in [0.25, 0.3) is 0 Å². The third kappa shape index (κ3) is 4.01. The maximum atomic E-state index is 12.5. The van der Waals surface area contributed by atoms with Crippen molar-refractivity contribution in [2.75, 3.05) is 0 Å². The van der Waals surface area contributed by atoms with Crippen molar-refractivity contribution in [3.63, 3.8) is 0 Å². The minimum absolute atomic E-state index is 0.340. The van der Waals surface area contributed by atoms with Gasteiger partial charge in [0.2, 0.25) is 0 Å². The maximum Gasteiger partial charge on any atom is 0.416 e. The topological polar surface area (TPSA) is 0 Å². The fraction of sp³-hybridized carbons (Fsp3) is 0.294. The number of rotatable bonds is 3. The molecule has 0 saturated heterocycles. The number of aryl methyl sites for hydroxylation is 2. The molecule has 2 aromatic rings. The molecule has 0 aliphatic heterocycles. The second kappa shape index (κ2) is 6.10. The van der Waals surface area contributed by atoms with Crippen LogP contribution in [-0.2, 0) is 12.6 Å². The van der Waals surface area contributed by atoms with Gasteiger partial charge in [0.1, 0.15) is 0 Å². The summed E-state index contributed by atoms with van der Waals surface area (Å²) in [5, 5.41) is -0.340. The van der Waals surface area contributed by atoms with Gasteiger partial charge in [-0.2, -0.15) is 13.2 Å². The van der Waals surface area contributed by atoms with Crippen LogP contribution in [0, 0.1) is 13.8 Å². The van der Waals surface area contributed by atoms with Gasteiger partial charge in [-0.1, -0.05) is 35.9 Å². The molecule has 112 valence electrons. The molecule has 0 amide bonds. The summed E-state index contributed by atoms with van der Waals surface area (Å²) in [6.07, 6.45) is -3.71. The van der Waals surface area contributed by atoms with Crippen LogP contribution >= 0.6 is 11.6 Å². The molecule has 0 heterocycles. The molecule has 0 saturated carbocycles. The summed E-state index contributed by atoms with van der Waals surface area (Å²) in [5.41, 5.74) is 3.45. The maximum absolute atomic E-state index is 12.5. The Bertz CT molecular complexity index is 615. The van der Waals surface area contributed by atoms with Gasteiger partial charge < -0.3 is 0 Å². The highest BCUT2D eigenvalue weighted by atomic mass is 35.5. The van der Waals surface area contributed by atoms with Gasteiger partial charge >= 0.3 is 6.18 Å². The van der Waals surface area contributed by atoms with E-state index in [9.17, 15) is 13.2 Å². The number of hydrogen-bond donors (Lipinski definition) is 0. The Morgan fingerprint density at radius 2 is 1.62 bits per heavy atom. The number of halogens is 4. The Labute approximate surface area is 127 Å². The summed E-state index contributed by atoms with van der Waals surface area (Å²) in [7, 11) is 0. The Morgan fingerprint density at radius 1 is 1.00 bits per heavy atom. The van der Waals surface area contributed by atoms with E-state index in [-0.39, 0.29) is 5.38 Å². The first-order valence-electron chi connectivity index (χ1n) is 6.65. The largest absolute Gasteiger partial charge is 0.416 e. The second-order valence-corrected chi connectivity index (χ2v) is 5.75. The molecule has 21 heavy (non-hydrogen) atoms. The van der Waals surface area contributed by atoms with E-state index in [1.54, 1.807) is 0 Å². The highest BCUT2D eigenvalue weighted by Gasteiger charge is 2.30. The van der Waals surface area contributed by atoms with Crippen molar-refractivity contribution in [1.82, 2.24) is 0 Å². The van der Waals surface area contributed by atoms with Gasteiger partial charge in [0.05, 0.1) is 10.9 Å². The molecule has 0 aliphatic rings. The third-order valence-corrected chi connectivity index (χ3v) is 3.91. The van der Waals surface area contributed by atoms with Crippen LogP contribution in [0.2, 0.25) is 0 Å². The van der Waals surface area contributed by atoms with Gasteiger partial charge in [-0.3, -0.25) is 0 Å². The predicted octanol–water partition coefficient (Wildman–Crippen LogP) is 5.84. The molecule has 0 nitrogen and oxygen atoms in total. The van der Waals surface area contributed by atoms with Gasteiger partial charge in [0, 0.05) is 0 Å². The van der Waals surface area contributed by atoms with E-state index in [0.717, 1.165) is 28.8 Å². The summed E-state index contributed by atoms with van der Waals surface area (Å²) in [6, 6.07) is 11.2. The van der Waals surface area contributed by atoms with Crippen molar-refractivity contribution >= 4 is 11.6 Å². The molecular formula is C17H16ClF3. The van der Waals surface area contributed by atoms with E-state index >= 15 is 0 Å². The zero-order chi connectivity index (χ0) is 15.6. The number of hydrogen-bond acceptors (Lipinski definition) is 0. The van der Waals surface area contributed by atoms with Crippen LogP contribution in [0.1, 0.15) is 33.2 Å². The van der Waals surface area contributed by atoms with Gasteiger partial charge in [-0.15, -0.1) is 11.6 Å². The Morgan fingerprint density at radius 3 is 2.19 bits per heavy atom. The molecule has 4 heteroatoms. The summed E-state index contributed by atoms with van der Waals surface area (Å²) in [4.78, 5) is 0. The number of alkyl halides is 4. The molecule has 1 unspecified atom stereocenters. The van der Waals surface area contributed by atoms with Crippen LogP contribution in [-0.4, -0.2) is 0 Å². The normalized spacial score (nSPS) is 13.2. The van der Waals surface area contributed by atoms with Gasteiger partial charge in [-0.25, -0.2) is 0 Å². The molecular weight excluding hydrogens is 297 g/mol. The minimum atomic E-state index is -4.31. The second-order valence-electron chi connectivity index (χ2n) is 5.22. The first-order chi connectivity index (χ1) is 9.77. The van der Waals surface area contributed by atoms with Crippen molar-refractivity contribution in [1.29, 1.82) is 0 Å². The van der Waals surface area contributed by atoms with E-state index in [1.165, 1.54) is 12.1 Å². The van der Waals surface area contributed by atoms with Crippen molar-refractivity contribution in [2.24, 2.45) is 0 Å². The Balaban J connectivity index is 2.17. The lowest BCUT2D eigenvalue weighted by atomic mass is 9.98. The Hall–Kier alpha value is -1.48. The lowest BCUT2D eigenvalue weighted by molar-refractivity contribution is -0.137. The van der Waals surface area contributed by atoms with E-state index in [2.05, 4.69) is 6.07 Å². The average Bonchev–Trinajstić information content (AvgIpc) is 2.42. The fourth-order valence-corrected chi connectivity index (χ4v) is 2.52. The zero-order valence-electron chi connectivity index (χ0n) is 11.8. The van der Waals surface area contributed by atoms with E-state index in [0.29, 0.717) is 12.0 Å².